The molecular weight excluding hydrogens is 398 g/mol. The van der Waals surface area contributed by atoms with Gasteiger partial charge in [-0.15, -0.1) is 0 Å². The molecule has 0 spiro atoms. The van der Waals surface area contributed by atoms with E-state index in [0.29, 0.717) is 11.1 Å². The highest BCUT2D eigenvalue weighted by Crippen LogP contribution is 2.34. The lowest BCUT2D eigenvalue weighted by atomic mass is 10.1. The van der Waals surface area contributed by atoms with E-state index in [2.05, 4.69) is 23.0 Å². The zero-order valence-corrected chi connectivity index (χ0v) is 17.5. The lowest BCUT2D eigenvalue weighted by Gasteiger charge is -2.23. The highest BCUT2D eigenvalue weighted by atomic mass is 16.2. The molecule has 6 nitrogen and oxygen atoms in total. The molecule has 5 aromatic rings. The van der Waals surface area contributed by atoms with Gasteiger partial charge >= 0.3 is 0 Å². The van der Waals surface area contributed by atoms with Gasteiger partial charge in [-0.1, -0.05) is 18.2 Å². The van der Waals surface area contributed by atoms with Crippen LogP contribution in [0.3, 0.4) is 0 Å². The third-order valence-electron chi connectivity index (χ3n) is 6.04. The van der Waals surface area contributed by atoms with Crippen LogP contribution in [0.1, 0.15) is 22.8 Å². The SMILES string of the molecule is C[C@@H]1Cc2ccccc2N1C(=O)c1ccc2nc(-c3ccc[nH]3)c(-c3ccc[nH]3)nc2c1. The van der Waals surface area contributed by atoms with E-state index < -0.39 is 0 Å². The van der Waals surface area contributed by atoms with Crippen LogP contribution in [0, 0.1) is 0 Å². The van der Waals surface area contributed by atoms with Gasteiger partial charge in [0, 0.05) is 29.7 Å². The second-order valence-electron chi connectivity index (χ2n) is 8.15. The van der Waals surface area contributed by atoms with Crippen molar-refractivity contribution in [3.8, 4) is 22.8 Å². The van der Waals surface area contributed by atoms with Gasteiger partial charge in [0.1, 0.15) is 11.4 Å². The molecule has 3 aromatic heterocycles. The zero-order chi connectivity index (χ0) is 21.7. The van der Waals surface area contributed by atoms with Crippen LogP contribution >= 0.6 is 0 Å². The van der Waals surface area contributed by atoms with Gasteiger partial charge in [0.05, 0.1) is 22.4 Å². The average Bonchev–Trinajstić information content (AvgIpc) is 3.58. The highest BCUT2D eigenvalue weighted by molar-refractivity contribution is 6.09. The predicted molar refractivity (Wildman–Crippen MR) is 126 cm³/mol. The van der Waals surface area contributed by atoms with E-state index in [4.69, 9.17) is 9.97 Å². The number of anilines is 1. The maximum atomic E-state index is 13.5. The molecule has 0 unspecified atom stereocenters. The second kappa shape index (κ2) is 7.20. The summed E-state index contributed by atoms with van der Waals surface area (Å²) in [5, 5.41) is 0. The van der Waals surface area contributed by atoms with Crippen LogP contribution in [0.2, 0.25) is 0 Å². The number of hydrogen-bond donors (Lipinski definition) is 2. The molecular formula is C26H21N5O. The van der Waals surface area contributed by atoms with Crippen molar-refractivity contribution in [3.05, 3.63) is 90.3 Å². The van der Waals surface area contributed by atoms with Crippen molar-refractivity contribution in [3.63, 3.8) is 0 Å². The lowest BCUT2D eigenvalue weighted by molar-refractivity contribution is 0.0981. The first-order valence-corrected chi connectivity index (χ1v) is 10.7. The minimum Gasteiger partial charge on any atom is -0.360 e. The summed E-state index contributed by atoms with van der Waals surface area (Å²) in [7, 11) is 0. The largest absolute Gasteiger partial charge is 0.360 e. The normalized spacial score (nSPS) is 15.3. The van der Waals surface area contributed by atoms with E-state index in [-0.39, 0.29) is 11.9 Å². The maximum Gasteiger partial charge on any atom is 0.258 e. The van der Waals surface area contributed by atoms with E-state index in [1.54, 1.807) is 0 Å². The molecule has 1 atom stereocenters. The van der Waals surface area contributed by atoms with Gasteiger partial charge < -0.3 is 14.9 Å². The Morgan fingerprint density at radius 1 is 0.875 bits per heavy atom. The van der Waals surface area contributed by atoms with Gasteiger partial charge in [0.15, 0.2) is 0 Å². The number of para-hydroxylation sites is 1. The van der Waals surface area contributed by atoms with Crippen LogP contribution in [0.5, 0.6) is 0 Å². The topological polar surface area (TPSA) is 77.7 Å². The van der Waals surface area contributed by atoms with Crippen molar-refractivity contribution in [2.24, 2.45) is 0 Å². The number of H-pyrrole nitrogens is 2. The number of carbonyl (C=O) groups excluding carboxylic acids is 1. The number of fused-ring (bicyclic) bond motifs is 2. The molecule has 0 bridgehead atoms. The number of benzene rings is 2. The van der Waals surface area contributed by atoms with Crippen LogP contribution in [0.4, 0.5) is 5.69 Å². The summed E-state index contributed by atoms with van der Waals surface area (Å²) in [5.41, 5.74) is 7.53. The fourth-order valence-corrected chi connectivity index (χ4v) is 4.53. The van der Waals surface area contributed by atoms with Crippen molar-refractivity contribution in [2.75, 3.05) is 4.90 Å². The first-order chi connectivity index (χ1) is 15.7. The van der Waals surface area contributed by atoms with Crippen LogP contribution in [-0.4, -0.2) is 31.9 Å². The molecule has 1 amide bonds. The summed E-state index contributed by atoms with van der Waals surface area (Å²) >= 11 is 0. The number of nitrogens with one attached hydrogen (secondary N) is 2. The number of aromatic nitrogens is 4. The molecule has 0 saturated carbocycles. The summed E-state index contributed by atoms with van der Waals surface area (Å²) in [6.07, 6.45) is 4.61. The number of hydrogen-bond acceptors (Lipinski definition) is 3. The predicted octanol–water partition coefficient (Wildman–Crippen LogP) is 5.21. The smallest absolute Gasteiger partial charge is 0.258 e. The Hall–Kier alpha value is -4.19. The number of rotatable bonds is 3. The molecule has 4 heterocycles. The van der Waals surface area contributed by atoms with Crippen LogP contribution in [-0.2, 0) is 6.42 Å². The number of carbonyl (C=O) groups is 1. The number of aromatic amines is 2. The van der Waals surface area contributed by atoms with Crippen molar-refractivity contribution < 1.29 is 4.79 Å². The highest BCUT2D eigenvalue weighted by Gasteiger charge is 2.31. The van der Waals surface area contributed by atoms with E-state index in [1.807, 2.05) is 78.0 Å². The molecule has 2 N–H and O–H groups in total. The molecule has 0 fully saturated rings. The summed E-state index contributed by atoms with van der Waals surface area (Å²) in [6, 6.07) is 21.6. The van der Waals surface area contributed by atoms with Crippen molar-refractivity contribution in [2.45, 2.75) is 19.4 Å². The van der Waals surface area contributed by atoms with Gasteiger partial charge in [-0.25, -0.2) is 9.97 Å². The molecule has 6 heteroatoms. The minimum absolute atomic E-state index is 0.0129. The van der Waals surface area contributed by atoms with Gasteiger partial charge in [-0.05, 0) is 67.4 Å². The summed E-state index contributed by atoms with van der Waals surface area (Å²) in [6.45, 7) is 2.09. The van der Waals surface area contributed by atoms with E-state index in [0.717, 1.165) is 40.4 Å². The summed E-state index contributed by atoms with van der Waals surface area (Å²) in [5.74, 6) is -0.0129. The molecule has 1 aliphatic rings. The summed E-state index contributed by atoms with van der Waals surface area (Å²) < 4.78 is 0. The van der Waals surface area contributed by atoms with Crippen molar-refractivity contribution in [1.29, 1.82) is 0 Å². The minimum atomic E-state index is -0.0129. The molecule has 0 aliphatic carbocycles. The Kier molecular flexibility index (Phi) is 4.18. The molecule has 156 valence electrons. The fraction of sp³-hybridized carbons (Fsp3) is 0.115. The van der Waals surface area contributed by atoms with Crippen LogP contribution in [0.15, 0.2) is 79.1 Å². The quantitative estimate of drug-likeness (QED) is 0.421. The standard InChI is InChI=1S/C26H21N5O/c1-16-14-17-6-2-3-9-23(17)31(16)26(32)18-10-11-19-22(15-18)30-25(21-8-5-13-28-21)24(29-19)20-7-4-12-27-20/h2-13,15-16,27-28H,14H2,1H3/t16-/m1/s1. The first-order valence-electron chi connectivity index (χ1n) is 10.7. The molecule has 0 radical (unpaired) electrons. The van der Waals surface area contributed by atoms with Gasteiger partial charge in [-0.2, -0.15) is 0 Å². The third-order valence-corrected chi connectivity index (χ3v) is 6.04. The molecule has 32 heavy (non-hydrogen) atoms. The molecule has 1 aliphatic heterocycles. The number of nitrogens with zero attached hydrogens (tertiary/aromatic N) is 3. The Labute approximate surface area is 185 Å². The van der Waals surface area contributed by atoms with E-state index in [9.17, 15) is 4.79 Å². The second-order valence-corrected chi connectivity index (χ2v) is 8.15. The molecule has 2 aromatic carbocycles. The number of amides is 1. The molecule has 6 rings (SSSR count). The van der Waals surface area contributed by atoms with Crippen molar-refractivity contribution in [1.82, 2.24) is 19.9 Å². The van der Waals surface area contributed by atoms with Gasteiger partial charge in [0.25, 0.3) is 5.91 Å². The Morgan fingerprint density at radius 2 is 1.56 bits per heavy atom. The zero-order valence-electron chi connectivity index (χ0n) is 17.5. The Morgan fingerprint density at radius 3 is 2.25 bits per heavy atom. The summed E-state index contributed by atoms with van der Waals surface area (Å²) in [4.78, 5) is 31.6. The van der Waals surface area contributed by atoms with Crippen LogP contribution in [0.25, 0.3) is 33.8 Å². The van der Waals surface area contributed by atoms with Gasteiger partial charge in [-0.3, -0.25) is 4.79 Å². The maximum absolute atomic E-state index is 13.5. The van der Waals surface area contributed by atoms with Crippen LogP contribution < -0.4 is 4.90 Å². The Balaban J connectivity index is 1.47. The monoisotopic (exact) mass is 419 g/mol. The average molecular weight is 419 g/mol. The first kappa shape index (κ1) is 18.6. The lowest BCUT2D eigenvalue weighted by Crippen LogP contribution is -2.35. The van der Waals surface area contributed by atoms with Crippen molar-refractivity contribution >= 4 is 22.6 Å². The Bertz CT molecular complexity index is 1440. The third kappa shape index (κ3) is 2.92. The van der Waals surface area contributed by atoms with E-state index in [1.165, 1.54) is 5.56 Å². The molecule has 0 saturated heterocycles. The fourth-order valence-electron chi connectivity index (χ4n) is 4.53. The van der Waals surface area contributed by atoms with E-state index >= 15 is 0 Å². The van der Waals surface area contributed by atoms with Gasteiger partial charge in [0.2, 0.25) is 0 Å².